The molecule has 1 fully saturated rings. The van der Waals surface area contributed by atoms with Crippen molar-refractivity contribution in [2.45, 2.75) is 19.8 Å². The highest BCUT2D eigenvalue weighted by atomic mass is 16.5. The van der Waals surface area contributed by atoms with Crippen LogP contribution in [0.25, 0.3) is 0 Å². The molecule has 1 saturated heterocycles. The molecule has 2 heteroatoms. The number of hydrogen-bond acceptors (Lipinski definition) is 2. The van der Waals surface area contributed by atoms with Crippen LogP contribution in [-0.2, 0) is 4.74 Å². The molecule has 2 N–H and O–H groups in total. The maximum absolute atomic E-state index is 5.60. The number of ether oxygens (including phenoxy) is 1. The van der Waals surface area contributed by atoms with Crippen molar-refractivity contribution in [2.75, 3.05) is 19.8 Å². The average Bonchev–Trinajstić information content (AvgIpc) is 2.36. The summed E-state index contributed by atoms with van der Waals surface area (Å²) in [6.07, 6.45) is 2.31. The minimum absolute atomic E-state index is 0.333. The van der Waals surface area contributed by atoms with E-state index in [0.29, 0.717) is 5.41 Å². The Morgan fingerprint density at radius 1 is 1.67 bits per heavy atom. The second-order valence-electron chi connectivity index (χ2n) is 2.86. The van der Waals surface area contributed by atoms with Crippen LogP contribution < -0.4 is 5.73 Å². The lowest BCUT2D eigenvalue weighted by molar-refractivity contribution is 0.152. The molecule has 0 amide bonds. The summed E-state index contributed by atoms with van der Waals surface area (Å²) in [7, 11) is 0. The van der Waals surface area contributed by atoms with Crippen LogP contribution in [0, 0.1) is 5.41 Å². The summed E-state index contributed by atoms with van der Waals surface area (Å²) >= 11 is 0. The van der Waals surface area contributed by atoms with E-state index in [1.165, 1.54) is 0 Å². The molecule has 0 aromatic carbocycles. The summed E-state index contributed by atoms with van der Waals surface area (Å²) in [5, 5.41) is 0. The van der Waals surface area contributed by atoms with Gasteiger partial charge in [0, 0.05) is 18.6 Å². The lowest BCUT2D eigenvalue weighted by atomic mass is 9.85. The highest BCUT2D eigenvalue weighted by molar-refractivity contribution is 4.82. The molecular formula is C7H15NO. The highest BCUT2D eigenvalue weighted by Gasteiger charge is 2.30. The maximum Gasteiger partial charge on any atom is 0.0535 e. The zero-order valence-corrected chi connectivity index (χ0v) is 6.02. The van der Waals surface area contributed by atoms with Gasteiger partial charge in [-0.05, 0) is 12.8 Å². The largest absolute Gasteiger partial charge is 0.381 e. The lowest BCUT2D eigenvalue weighted by Crippen LogP contribution is -2.29. The third-order valence-electron chi connectivity index (χ3n) is 2.37. The van der Waals surface area contributed by atoms with Crippen LogP contribution in [0.1, 0.15) is 19.8 Å². The van der Waals surface area contributed by atoms with Crippen LogP contribution >= 0.6 is 0 Å². The molecule has 1 unspecified atom stereocenters. The van der Waals surface area contributed by atoms with Gasteiger partial charge in [-0.25, -0.2) is 0 Å². The van der Waals surface area contributed by atoms with Gasteiger partial charge in [-0.2, -0.15) is 0 Å². The predicted molar refractivity (Wildman–Crippen MR) is 37.2 cm³/mol. The zero-order chi connectivity index (χ0) is 6.74. The first kappa shape index (κ1) is 7.03. The van der Waals surface area contributed by atoms with Crippen LogP contribution in [-0.4, -0.2) is 19.8 Å². The molecule has 1 heterocycles. The van der Waals surface area contributed by atoms with Gasteiger partial charge >= 0.3 is 0 Å². The number of hydrogen-bond donors (Lipinski definition) is 1. The fourth-order valence-electron chi connectivity index (χ4n) is 1.23. The van der Waals surface area contributed by atoms with Crippen LogP contribution in [0.3, 0.4) is 0 Å². The Morgan fingerprint density at radius 2 is 2.44 bits per heavy atom. The molecule has 54 valence electrons. The van der Waals surface area contributed by atoms with E-state index in [-0.39, 0.29) is 0 Å². The minimum Gasteiger partial charge on any atom is -0.381 e. The standard InChI is InChI=1S/C7H15NO/c1-2-7(5-8)3-4-9-6-7/h2-6,8H2,1H3. The van der Waals surface area contributed by atoms with Gasteiger partial charge in [-0.1, -0.05) is 6.92 Å². The summed E-state index contributed by atoms with van der Waals surface area (Å²) < 4.78 is 5.26. The van der Waals surface area contributed by atoms with E-state index in [1.54, 1.807) is 0 Å². The molecule has 0 radical (unpaired) electrons. The first-order chi connectivity index (χ1) is 4.33. The van der Waals surface area contributed by atoms with Crippen LogP contribution in [0.4, 0.5) is 0 Å². The van der Waals surface area contributed by atoms with Crippen molar-refractivity contribution in [2.24, 2.45) is 11.1 Å². The first-order valence-electron chi connectivity index (χ1n) is 3.61. The Bertz CT molecular complexity index is 80.9. The molecule has 1 aliphatic heterocycles. The molecule has 1 aliphatic rings. The number of nitrogens with two attached hydrogens (primary N) is 1. The van der Waals surface area contributed by atoms with Crippen molar-refractivity contribution >= 4 is 0 Å². The van der Waals surface area contributed by atoms with Gasteiger partial charge in [0.05, 0.1) is 6.61 Å². The molecular weight excluding hydrogens is 114 g/mol. The monoisotopic (exact) mass is 129 g/mol. The topological polar surface area (TPSA) is 35.2 Å². The average molecular weight is 129 g/mol. The highest BCUT2D eigenvalue weighted by Crippen LogP contribution is 2.30. The first-order valence-corrected chi connectivity index (χ1v) is 3.61. The zero-order valence-electron chi connectivity index (χ0n) is 6.02. The van der Waals surface area contributed by atoms with Gasteiger partial charge in [0.2, 0.25) is 0 Å². The molecule has 9 heavy (non-hydrogen) atoms. The lowest BCUT2D eigenvalue weighted by Gasteiger charge is -2.22. The van der Waals surface area contributed by atoms with Crippen molar-refractivity contribution in [1.82, 2.24) is 0 Å². The SMILES string of the molecule is CCC1(CN)CCOC1. The van der Waals surface area contributed by atoms with Crippen LogP contribution in [0.15, 0.2) is 0 Å². The minimum atomic E-state index is 0.333. The molecule has 1 rings (SSSR count). The van der Waals surface area contributed by atoms with Crippen LogP contribution in [0.5, 0.6) is 0 Å². The normalized spacial score (nSPS) is 35.3. The molecule has 0 aliphatic carbocycles. The van der Waals surface area contributed by atoms with Gasteiger partial charge in [0.25, 0.3) is 0 Å². The summed E-state index contributed by atoms with van der Waals surface area (Å²) in [6.45, 7) is 4.75. The van der Waals surface area contributed by atoms with Crippen molar-refractivity contribution in [1.29, 1.82) is 0 Å². The molecule has 1 atom stereocenters. The Hall–Kier alpha value is -0.0800. The van der Waals surface area contributed by atoms with E-state index in [0.717, 1.165) is 32.6 Å². The second kappa shape index (κ2) is 2.67. The van der Waals surface area contributed by atoms with Crippen LogP contribution in [0.2, 0.25) is 0 Å². The van der Waals surface area contributed by atoms with E-state index in [2.05, 4.69) is 6.92 Å². The molecule has 0 aromatic heterocycles. The van der Waals surface area contributed by atoms with Gasteiger partial charge in [-0.15, -0.1) is 0 Å². The maximum atomic E-state index is 5.60. The smallest absolute Gasteiger partial charge is 0.0535 e. The third-order valence-corrected chi connectivity index (χ3v) is 2.37. The van der Waals surface area contributed by atoms with Crippen molar-refractivity contribution < 1.29 is 4.74 Å². The van der Waals surface area contributed by atoms with Gasteiger partial charge in [0.1, 0.15) is 0 Å². The van der Waals surface area contributed by atoms with E-state index in [4.69, 9.17) is 10.5 Å². The Balaban J connectivity index is 2.45. The van der Waals surface area contributed by atoms with E-state index < -0.39 is 0 Å². The third kappa shape index (κ3) is 1.25. The van der Waals surface area contributed by atoms with E-state index in [9.17, 15) is 0 Å². The summed E-state index contributed by atoms with van der Waals surface area (Å²) in [5.41, 5.74) is 5.93. The van der Waals surface area contributed by atoms with Gasteiger partial charge < -0.3 is 10.5 Å². The van der Waals surface area contributed by atoms with Gasteiger partial charge in [0.15, 0.2) is 0 Å². The van der Waals surface area contributed by atoms with Crippen molar-refractivity contribution in [3.63, 3.8) is 0 Å². The Labute approximate surface area is 56.4 Å². The molecule has 0 aromatic rings. The molecule has 2 nitrogen and oxygen atoms in total. The van der Waals surface area contributed by atoms with Crippen molar-refractivity contribution in [3.05, 3.63) is 0 Å². The Morgan fingerprint density at radius 3 is 2.67 bits per heavy atom. The predicted octanol–water partition coefficient (Wildman–Crippen LogP) is 0.762. The summed E-state index contributed by atoms with van der Waals surface area (Å²) in [4.78, 5) is 0. The fourth-order valence-corrected chi connectivity index (χ4v) is 1.23. The fraction of sp³-hybridized carbons (Fsp3) is 1.00. The summed E-state index contributed by atoms with van der Waals surface area (Å²) in [5.74, 6) is 0. The van der Waals surface area contributed by atoms with E-state index >= 15 is 0 Å². The molecule has 0 saturated carbocycles. The van der Waals surface area contributed by atoms with E-state index in [1.807, 2.05) is 0 Å². The Kier molecular flexibility index (Phi) is 2.09. The molecule has 0 bridgehead atoms. The number of rotatable bonds is 2. The molecule has 0 spiro atoms. The van der Waals surface area contributed by atoms with Crippen molar-refractivity contribution in [3.8, 4) is 0 Å². The van der Waals surface area contributed by atoms with Gasteiger partial charge in [-0.3, -0.25) is 0 Å². The second-order valence-corrected chi connectivity index (χ2v) is 2.86. The summed E-state index contributed by atoms with van der Waals surface area (Å²) in [6, 6.07) is 0. The quantitative estimate of drug-likeness (QED) is 0.597.